The molecule has 1 unspecified atom stereocenters. The Labute approximate surface area is 139 Å². The van der Waals surface area contributed by atoms with Crippen LogP contribution in [0.3, 0.4) is 0 Å². The number of anilines is 1. The van der Waals surface area contributed by atoms with Gasteiger partial charge in [-0.25, -0.2) is 13.2 Å². The molecule has 0 spiro atoms. The third-order valence-electron chi connectivity index (χ3n) is 4.24. The zero-order valence-electron chi connectivity index (χ0n) is 14.1. The monoisotopic (exact) mass is 338 g/mol. The molecule has 23 heavy (non-hydrogen) atoms. The quantitative estimate of drug-likeness (QED) is 0.916. The molecular weight excluding hydrogens is 312 g/mol. The number of hydrogen-bond donors (Lipinski definition) is 1. The molecule has 0 aromatic heterocycles. The lowest BCUT2D eigenvalue weighted by Crippen LogP contribution is -2.41. The summed E-state index contributed by atoms with van der Waals surface area (Å²) < 4.78 is 23.8. The van der Waals surface area contributed by atoms with Crippen molar-refractivity contribution < 1.29 is 13.2 Å². The van der Waals surface area contributed by atoms with E-state index in [0.717, 1.165) is 25.1 Å². The van der Waals surface area contributed by atoms with Gasteiger partial charge in [-0.1, -0.05) is 19.1 Å². The Kier molecular flexibility index (Phi) is 5.68. The molecule has 0 radical (unpaired) electrons. The number of nitrogens with one attached hydrogen (secondary N) is 1. The van der Waals surface area contributed by atoms with E-state index in [-0.39, 0.29) is 17.0 Å². The summed E-state index contributed by atoms with van der Waals surface area (Å²) in [6.45, 7) is 7.11. The summed E-state index contributed by atoms with van der Waals surface area (Å²) in [4.78, 5) is 14.1. The molecule has 1 aliphatic rings. The van der Waals surface area contributed by atoms with Crippen molar-refractivity contribution in [3.05, 3.63) is 29.8 Å². The molecule has 2 rings (SSSR count). The number of sulfone groups is 1. The van der Waals surface area contributed by atoms with Crippen LogP contribution in [0.4, 0.5) is 10.5 Å². The number of hydrogen-bond acceptors (Lipinski definition) is 3. The fourth-order valence-electron chi connectivity index (χ4n) is 2.66. The third kappa shape index (κ3) is 4.96. The molecule has 1 N–H and O–H groups in total. The van der Waals surface area contributed by atoms with Gasteiger partial charge in [0.15, 0.2) is 9.84 Å². The lowest BCUT2D eigenvalue weighted by molar-refractivity contribution is 0.182. The first-order valence-electron chi connectivity index (χ1n) is 8.14. The third-order valence-corrected chi connectivity index (χ3v) is 6.41. The van der Waals surface area contributed by atoms with E-state index >= 15 is 0 Å². The minimum Gasteiger partial charge on any atom is -0.324 e. The highest BCUT2D eigenvalue weighted by molar-refractivity contribution is 7.91. The maximum absolute atomic E-state index is 12.2. The molecule has 128 valence electrons. The van der Waals surface area contributed by atoms with Gasteiger partial charge in [0.25, 0.3) is 0 Å². The molecule has 0 aliphatic carbocycles. The largest absolute Gasteiger partial charge is 0.324 e. The zero-order chi connectivity index (χ0) is 17.0. The Bertz CT molecular complexity index is 638. The van der Waals surface area contributed by atoms with E-state index in [9.17, 15) is 13.2 Å². The number of benzene rings is 1. The number of rotatable bonds is 4. The smallest absolute Gasteiger partial charge is 0.321 e. The Hall–Kier alpha value is -1.56. The minimum atomic E-state index is -3.11. The lowest BCUT2D eigenvalue weighted by Gasteiger charge is -2.30. The summed E-state index contributed by atoms with van der Waals surface area (Å²) in [5, 5.41) is 2.50. The number of nitrogens with zero attached hydrogens (tertiary/aromatic N) is 1. The van der Waals surface area contributed by atoms with Crippen LogP contribution in [0.2, 0.25) is 0 Å². The first-order chi connectivity index (χ1) is 10.8. The first-order valence-corrected chi connectivity index (χ1v) is 9.86. The van der Waals surface area contributed by atoms with Crippen LogP contribution in [0.1, 0.15) is 39.2 Å². The fraction of sp³-hybridized carbons (Fsp3) is 0.588. The highest BCUT2D eigenvalue weighted by Crippen LogP contribution is 2.18. The summed E-state index contributed by atoms with van der Waals surface area (Å²) >= 11 is 0. The van der Waals surface area contributed by atoms with Crippen molar-refractivity contribution in [2.45, 2.75) is 44.6 Å². The van der Waals surface area contributed by atoms with Crippen LogP contribution in [0.15, 0.2) is 24.3 Å². The normalized spacial score (nSPS) is 19.0. The Morgan fingerprint density at radius 3 is 2.52 bits per heavy atom. The zero-order valence-corrected chi connectivity index (χ0v) is 14.9. The second-order valence-electron chi connectivity index (χ2n) is 6.68. The molecule has 6 heteroatoms. The van der Waals surface area contributed by atoms with Gasteiger partial charge in [-0.3, -0.25) is 0 Å². The van der Waals surface area contributed by atoms with Gasteiger partial charge in [-0.05, 0) is 50.3 Å². The molecule has 0 saturated carbocycles. The molecule has 1 fully saturated rings. The van der Waals surface area contributed by atoms with E-state index in [1.807, 2.05) is 4.90 Å². The summed E-state index contributed by atoms with van der Waals surface area (Å²) in [7, 11) is -3.11. The average molecular weight is 338 g/mol. The van der Waals surface area contributed by atoms with Crippen LogP contribution >= 0.6 is 0 Å². The van der Waals surface area contributed by atoms with Crippen molar-refractivity contribution in [2.75, 3.05) is 18.4 Å². The lowest BCUT2D eigenvalue weighted by atomic mass is 10.0. The van der Waals surface area contributed by atoms with Crippen LogP contribution in [-0.4, -0.2) is 37.7 Å². The van der Waals surface area contributed by atoms with E-state index in [1.54, 1.807) is 38.1 Å². The van der Waals surface area contributed by atoms with E-state index in [0.29, 0.717) is 11.6 Å². The van der Waals surface area contributed by atoms with Crippen molar-refractivity contribution in [3.8, 4) is 0 Å². The van der Waals surface area contributed by atoms with E-state index in [1.165, 1.54) is 6.42 Å². The van der Waals surface area contributed by atoms with Crippen molar-refractivity contribution in [1.82, 2.24) is 4.90 Å². The topological polar surface area (TPSA) is 66.5 Å². The number of piperidine rings is 1. The van der Waals surface area contributed by atoms with Gasteiger partial charge in [0, 0.05) is 18.8 Å². The van der Waals surface area contributed by atoms with E-state index in [2.05, 4.69) is 12.2 Å². The molecule has 1 aromatic carbocycles. The molecule has 1 atom stereocenters. The van der Waals surface area contributed by atoms with Crippen molar-refractivity contribution >= 4 is 21.6 Å². The van der Waals surface area contributed by atoms with Gasteiger partial charge >= 0.3 is 6.03 Å². The molecular formula is C17H26N2O3S. The van der Waals surface area contributed by atoms with Crippen LogP contribution in [0.5, 0.6) is 0 Å². The van der Waals surface area contributed by atoms with Gasteiger partial charge in [0.05, 0.1) is 11.0 Å². The van der Waals surface area contributed by atoms with Gasteiger partial charge in [0.2, 0.25) is 0 Å². The standard InChI is InChI=1S/C17H26N2O3S/c1-13(2)23(21,22)12-15-6-8-16(9-7-15)18-17(20)19-10-4-5-14(3)11-19/h6-9,13-14H,4-5,10-12H2,1-3H3,(H,18,20). The second kappa shape index (κ2) is 7.34. The number of likely N-dealkylation sites (tertiary alicyclic amines) is 1. The van der Waals surface area contributed by atoms with Crippen LogP contribution in [0.25, 0.3) is 0 Å². The molecule has 1 heterocycles. The van der Waals surface area contributed by atoms with Crippen LogP contribution < -0.4 is 5.32 Å². The van der Waals surface area contributed by atoms with E-state index < -0.39 is 9.84 Å². The predicted octanol–water partition coefficient (Wildman–Crippen LogP) is 3.27. The van der Waals surface area contributed by atoms with Gasteiger partial charge in [0.1, 0.15) is 0 Å². The number of urea groups is 1. The fourth-order valence-corrected chi connectivity index (χ4v) is 3.65. The summed E-state index contributed by atoms with van der Waals surface area (Å²) in [6.07, 6.45) is 2.21. The van der Waals surface area contributed by atoms with Crippen molar-refractivity contribution in [3.63, 3.8) is 0 Å². The van der Waals surface area contributed by atoms with Gasteiger partial charge in [-0.2, -0.15) is 0 Å². The molecule has 1 aromatic rings. The number of amides is 2. The van der Waals surface area contributed by atoms with Crippen LogP contribution in [-0.2, 0) is 15.6 Å². The highest BCUT2D eigenvalue weighted by Gasteiger charge is 2.21. The van der Waals surface area contributed by atoms with Crippen molar-refractivity contribution in [2.24, 2.45) is 5.92 Å². The maximum Gasteiger partial charge on any atom is 0.321 e. The number of carbonyl (C=O) groups is 1. The van der Waals surface area contributed by atoms with Crippen LogP contribution in [0, 0.1) is 5.92 Å². The van der Waals surface area contributed by atoms with E-state index in [4.69, 9.17) is 0 Å². The molecule has 0 bridgehead atoms. The minimum absolute atomic E-state index is 0.0303. The molecule has 2 amide bonds. The molecule has 1 aliphatic heterocycles. The van der Waals surface area contributed by atoms with Crippen molar-refractivity contribution in [1.29, 1.82) is 0 Å². The van der Waals surface area contributed by atoms with Gasteiger partial charge in [-0.15, -0.1) is 0 Å². The van der Waals surface area contributed by atoms with Gasteiger partial charge < -0.3 is 10.2 Å². The maximum atomic E-state index is 12.2. The summed E-state index contributed by atoms with van der Waals surface area (Å²) in [5.41, 5.74) is 1.43. The second-order valence-corrected chi connectivity index (χ2v) is 9.23. The Balaban J connectivity index is 1.96. The Morgan fingerprint density at radius 1 is 1.30 bits per heavy atom. The average Bonchev–Trinajstić information content (AvgIpc) is 2.49. The molecule has 5 nitrogen and oxygen atoms in total. The SMILES string of the molecule is CC1CCCN(C(=O)Nc2ccc(CS(=O)(=O)C(C)C)cc2)C1. The summed E-state index contributed by atoms with van der Waals surface area (Å²) in [5.74, 6) is 0.570. The molecule has 1 saturated heterocycles. The predicted molar refractivity (Wildman–Crippen MR) is 93.2 cm³/mol. The Morgan fingerprint density at radius 2 is 1.96 bits per heavy atom. The highest BCUT2D eigenvalue weighted by atomic mass is 32.2. The summed E-state index contributed by atoms with van der Waals surface area (Å²) in [6, 6.07) is 6.95. The first kappa shape index (κ1) is 17.8. The number of carbonyl (C=O) groups excluding carboxylic acids is 1.